The number of hydrogen-bond acceptors (Lipinski definition) is 2. The number of halogens is 1. The Morgan fingerprint density at radius 1 is 1.22 bits per heavy atom. The monoisotopic (exact) mass is 332 g/mol. The van der Waals surface area contributed by atoms with E-state index in [4.69, 9.17) is 0 Å². The maximum Gasteiger partial charge on any atom is 0.154 e. The van der Waals surface area contributed by atoms with Crippen LogP contribution in [0, 0.1) is 18.8 Å². The van der Waals surface area contributed by atoms with Crippen LogP contribution < -0.4 is 0 Å². The molecule has 0 saturated heterocycles. The number of alkyl halides is 1. The topological polar surface area (TPSA) is 34.1 Å². The standard InChI is InChI=1S/C14H21BrO2S/c1-11(2)14(8-15)10-18(16,17)9-13-7-5-4-6-12(13)3/h4-7,11,14H,8-10H2,1-3H3. The van der Waals surface area contributed by atoms with Gasteiger partial charge in [0.05, 0.1) is 11.5 Å². The highest BCUT2D eigenvalue weighted by atomic mass is 79.9. The van der Waals surface area contributed by atoms with E-state index in [1.54, 1.807) is 0 Å². The van der Waals surface area contributed by atoms with Gasteiger partial charge in [-0.05, 0) is 29.9 Å². The minimum Gasteiger partial charge on any atom is -0.228 e. The lowest BCUT2D eigenvalue weighted by Crippen LogP contribution is -2.23. The zero-order valence-electron chi connectivity index (χ0n) is 11.2. The Morgan fingerprint density at radius 3 is 2.33 bits per heavy atom. The summed E-state index contributed by atoms with van der Waals surface area (Å²) >= 11 is 3.40. The summed E-state index contributed by atoms with van der Waals surface area (Å²) in [5.74, 6) is 0.954. The van der Waals surface area contributed by atoms with E-state index in [1.165, 1.54) is 0 Å². The summed E-state index contributed by atoms with van der Waals surface area (Å²) in [6, 6.07) is 7.67. The Bertz CT molecular complexity index is 480. The zero-order chi connectivity index (χ0) is 13.8. The molecular weight excluding hydrogens is 312 g/mol. The third kappa shape index (κ3) is 4.73. The summed E-state index contributed by atoms with van der Waals surface area (Å²) in [5.41, 5.74) is 1.95. The van der Waals surface area contributed by atoms with Gasteiger partial charge in [0.2, 0.25) is 0 Å². The van der Waals surface area contributed by atoms with E-state index in [-0.39, 0.29) is 17.4 Å². The van der Waals surface area contributed by atoms with E-state index in [9.17, 15) is 8.42 Å². The lowest BCUT2D eigenvalue weighted by molar-refractivity contribution is 0.461. The molecule has 1 unspecified atom stereocenters. The van der Waals surface area contributed by atoms with E-state index >= 15 is 0 Å². The molecule has 0 aliphatic carbocycles. The average molecular weight is 333 g/mol. The van der Waals surface area contributed by atoms with E-state index in [1.807, 2.05) is 31.2 Å². The van der Waals surface area contributed by atoms with Crippen LogP contribution in [0.1, 0.15) is 25.0 Å². The minimum absolute atomic E-state index is 0.149. The molecule has 0 radical (unpaired) electrons. The molecule has 0 aromatic heterocycles. The van der Waals surface area contributed by atoms with Gasteiger partial charge >= 0.3 is 0 Å². The molecule has 0 heterocycles. The van der Waals surface area contributed by atoms with Crippen LogP contribution in [0.3, 0.4) is 0 Å². The quantitative estimate of drug-likeness (QED) is 0.746. The molecule has 0 saturated carbocycles. The predicted octanol–water partition coefficient (Wildman–Crippen LogP) is 3.58. The highest BCUT2D eigenvalue weighted by Crippen LogP contribution is 2.19. The normalized spacial score (nSPS) is 13.8. The summed E-state index contributed by atoms with van der Waals surface area (Å²) in [7, 11) is -3.04. The van der Waals surface area contributed by atoms with Crippen molar-refractivity contribution in [2.24, 2.45) is 11.8 Å². The second-order valence-electron chi connectivity index (χ2n) is 5.14. The predicted molar refractivity (Wildman–Crippen MR) is 80.8 cm³/mol. The summed E-state index contributed by atoms with van der Waals surface area (Å²) in [4.78, 5) is 0. The molecule has 18 heavy (non-hydrogen) atoms. The molecule has 1 atom stereocenters. The Hall–Kier alpha value is -0.350. The molecule has 0 N–H and O–H groups in total. The minimum atomic E-state index is -3.04. The SMILES string of the molecule is Cc1ccccc1CS(=O)(=O)CC(CBr)C(C)C. The molecule has 1 aromatic rings. The van der Waals surface area contributed by atoms with Crippen LogP contribution in [0.15, 0.2) is 24.3 Å². The van der Waals surface area contributed by atoms with Crippen LogP contribution in [-0.4, -0.2) is 19.5 Å². The van der Waals surface area contributed by atoms with Gasteiger partial charge in [-0.1, -0.05) is 54.0 Å². The Kier molecular flexibility index (Phi) is 5.86. The molecule has 0 aliphatic rings. The van der Waals surface area contributed by atoms with Gasteiger partial charge in [-0.25, -0.2) is 8.42 Å². The highest BCUT2D eigenvalue weighted by molar-refractivity contribution is 9.09. The summed E-state index contributed by atoms with van der Waals surface area (Å²) in [6.45, 7) is 6.08. The summed E-state index contributed by atoms with van der Waals surface area (Å²) in [5, 5.41) is 0.734. The van der Waals surface area contributed by atoms with Gasteiger partial charge in [0.15, 0.2) is 9.84 Å². The largest absolute Gasteiger partial charge is 0.228 e. The highest BCUT2D eigenvalue weighted by Gasteiger charge is 2.21. The number of rotatable bonds is 6. The van der Waals surface area contributed by atoms with Crippen molar-refractivity contribution in [2.45, 2.75) is 26.5 Å². The van der Waals surface area contributed by atoms with Gasteiger partial charge in [0.25, 0.3) is 0 Å². The lowest BCUT2D eigenvalue weighted by Gasteiger charge is -2.18. The van der Waals surface area contributed by atoms with Crippen molar-refractivity contribution in [2.75, 3.05) is 11.1 Å². The number of sulfone groups is 1. The van der Waals surface area contributed by atoms with Gasteiger partial charge in [-0.3, -0.25) is 0 Å². The van der Waals surface area contributed by atoms with Crippen molar-refractivity contribution in [1.29, 1.82) is 0 Å². The maximum atomic E-state index is 12.2. The molecular formula is C14H21BrO2S. The first kappa shape index (κ1) is 15.7. The van der Waals surface area contributed by atoms with Gasteiger partial charge in [0, 0.05) is 5.33 Å². The molecule has 0 spiro atoms. The van der Waals surface area contributed by atoms with Crippen molar-refractivity contribution >= 4 is 25.8 Å². The third-order valence-electron chi connectivity index (χ3n) is 3.25. The third-order valence-corrected chi connectivity index (χ3v) is 5.76. The van der Waals surface area contributed by atoms with Crippen LogP contribution in [0.25, 0.3) is 0 Å². The summed E-state index contributed by atoms with van der Waals surface area (Å²) in [6.07, 6.45) is 0. The fourth-order valence-corrected chi connectivity index (χ4v) is 5.16. The Balaban J connectivity index is 2.80. The molecule has 0 aliphatic heterocycles. The van der Waals surface area contributed by atoms with Crippen LogP contribution in [0.4, 0.5) is 0 Å². The first-order chi connectivity index (χ1) is 8.35. The van der Waals surface area contributed by atoms with Crippen LogP contribution >= 0.6 is 15.9 Å². The lowest BCUT2D eigenvalue weighted by atomic mass is 10.0. The van der Waals surface area contributed by atoms with Crippen LogP contribution in [0.5, 0.6) is 0 Å². The molecule has 2 nitrogen and oxygen atoms in total. The van der Waals surface area contributed by atoms with Gasteiger partial charge in [0.1, 0.15) is 0 Å². The average Bonchev–Trinajstić information content (AvgIpc) is 2.28. The fourth-order valence-electron chi connectivity index (χ4n) is 1.81. The Labute approximate surface area is 119 Å². The molecule has 1 rings (SSSR count). The number of hydrogen-bond donors (Lipinski definition) is 0. The van der Waals surface area contributed by atoms with Crippen molar-refractivity contribution < 1.29 is 8.42 Å². The maximum absolute atomic E-state index is 12.2. The van der Waals surface area contributed by atoms with Crippen molar-refractivity contribution in [1.82, 2.24) is 0 Å². The fraction of sp³-hybridized carbons (Fsp3) is 0.571. The number of aryl methyl sites for hydroxylation is 1. The van der Waals surface area contributed by atoms with E-state index in [0.717, 1.165) is 16.5 Å². The first-order valence-corrected chi connectivity index (χ1v) is 9.11. The molecule has 4 heteroatoms. The second-order valence-corrected chi connectivity index (χ2v) is 7.90. The van der Waals surface area contributed by atoms with Crippen molar-refractivity contribution in [3.05, 3.63) is 35.4 Å². The van der Waals surface area contributed by atoms with E-state index < -0.39 is 9.84 Å². The smallest absolute Gasteiger partial charge is 0.154 e. The van der Waals surface area contributed by atoms with Crippen LogP contribution in [0.2, 0.25) is 0 Å². The second kappa shape index (κ2) is 6.71. The van der Waals surface area contributed by atoms with E-state index in [0.29, 0.717) is 5.92 Å². The van der Waals surface area contributed by atoms with Crippen LogP contribution in [-0.2, 0) is 15.6 Å². The van der Waals surface area contributed by atoms with Crippen molar-refractivity contribution in [3.63, 3.8) is 0 Å². The molecule has 1 aromatic carbocycles. The Morgan fingerprint density at radius 2 is 1.83 bits per heavy atom. The molecule has 0 fully saturated rings. The first-order valence-electron chi connectivity index (χ1n) is 6.16. The molecule has 0 amide bonds. The van der Waals surface area contributed by atoms with E-state index in [2.05, 4.69) is 29.8 Å². The summed E-state index contributed by atoms with van der Waals surface area (Å²) < 4.78 is 24.4. The van der Waals surface area contributed by atoms with Gasteiger partial charge < -0.3 is 0 Å². The molecule has 0 bridgehead atoms. The van der Waals surface area contributed by atoms with Gasteiger partial charge in [-0.2, -0.15) is 0 Å². The zero-order valence-corrected chi connectivity index (χ0v) is 13.6. The number of benzene rings is 1. The molecule has 102 valence electrons. The van der Waals surface area contributed by atoms with Gasteiger partial charge in [-0.15, -0.1) is 0 Å². The van der Waals surface area contributed by atoms with Crippen molar-refractivity contribution in [3.8, 4) is 0 Å².